The SMILES string of the molecule is C=C1C(=O)[C@H](C)[C@@H](O)[C@@H](C)/C=C/C/C(C(F)(F)F)=C\C[C@@H](/C(C)=C/c2csc(C)n2)OC(=O)C[C@@H]1O. The van der Waals surface area contributed by atoms with Crippen molar-refractivity contribution in [3.8, 4) is 0 Å². The predicted octanol–water partition coefficient (Wildman–Crippen LogP) is 5.11. The van der Waals surface area contributed by atoms with Crippen LogP contribution in [-0.4, -0.2) is 51.4 Å². The number of aromatic nitrogens is 1. The van der Waals surface area contributed by atoms with Crippen LogP contribution < -0.4 is 0 Å². The number of aliphatic hydroxyl groups is 2. The van der Waals surface area contributed by atoms with Crippen LogP contribution >= 0.6 is 11.3 Å². The first kappa shape index (κ1) is 29.7. The molecule has 1 aromatic heterocycles. The number of hydrogen-bond acceptors (Lipinski definition) is 7. The van der Waals surface area contributed by atoms with Crippen molar-refractivity contribution in [2.75, 3.05) is 0 Å². The fraction of sp³-hybridized carbons (Fsp3) is 0.500. The Morgan fingerprint density at radius 2 is 1.94 bits per heavy atom. The minimum absolute atomic E-state index is 0.247. The first-order chi connectivity index (χ1) is 16.7. The molecule has 0 radical (unpaired) electrons. The molecule has 2 heterocycles. The minimum Gasteiger partial charge on any atom is -0.457 e. The van der Waals surface area contributed by atoms with Crippen LogP contribution in [-0.2, 0) is 14.3 Å². The highest BCUT2D eigenvalue weighted by molar-refractivity contribution is 7.09. The molecule has 0 spiro atoms. The smallest absolute Gasteiger partial charge is 0.412 e. The van der Waals surface area contributed by atoms with Gasteiger partial charge < -0.3 is 14.9 Å². The van der Waals surface area contributed by atoms with Crippen molar-refractivity contribution in [3.05, 3.63) is 57.6 Å². The summed E-state index contributed by atoms with van der Waals surface area (Å²) >= 11 is 1.40. The molecule has 1 aromatic rings. The second kappa shape index (κ2) is 12.6. The predicted molar refractivity (Wildman–Crippen MR) is 132 cm³/mol. The molecule has 0 aromatic carbocycles. The van der Waals surface area contributed by atoms with E-state index >= 15 is 0 Å². The Morgan fingerprint density at radius 1 is 1.28 bits per heavy atom. The van der Waals surface area contributed by atoms with E-state index in [0.29, 0.717) is 11.3 Å². The van der Waals surface area contributed by atoms with E-state index in [1.54, 1.807) is 25.3 Å². The molecule has 0 saturated carbocycles. The molecule has 0 unspecified atom stereocenters. The topological polar surface area (TPSA) is 96.7 Å². The van der Waals surface area contributed by atoms with Gasteiger partial charge in [-0.25, -0.2) is 4.98 Å². The highest BCUT2D eigenvalue weighted by Crippen LogP contribution is 2.31. The first-order valence-electron chi connectivity index (χ1n) is 11.5. The highest BCUT2D eigenvalue weighted by atomic mass is 32.1. The van der Waals surface area contributed by atoms with Crippen molar-refractivity contribution in [1.82, 2.24) is 4.98 Å². The number of rotatable bonds is 2. The molecule has 36 heavy (non-hydrogen) atoms. The van der Waals surface area contributed by atoms with Crippen molar-refractivity contribution in [2.45, 2.75) is 71.4 Å². The summed E-state index contributed by atoms with van der Waals surface area (Å²) in [6, 6.07) is 0. The van der Waals surface area contributed by atoms with E-state index < -0.39 is 66.5 Å². The number of Topliss-reactive ketones (excluding diaryl/α,β-unsaturated/α-hetero) is 1. The zero-order valence-corrected chi connectivity index (χ0v) is 21.5. The second-order valence-electron chi connectivity index (χ2n) is 9.00. The van der Waals surface area contributed by atoms with E-state index in [-0.39, 0.29) is 12.0 Å². The third kappa shape index (κ3) is 8.25. The molecule has 2 N–H and O–H groups in total. The maximum Gasteiger partial charge on any atom is 0.412 e. The van der Waals surface area contributed by atoms with Crippen molar-refractivity contribution in [1.29, 1.82) is 0 Å². The summed E-state index contributed by atoms with van der Waals surface area (Å²) in [7, 11) is 0. The number of esters is 1. The van der Waals surface area contributed by atoms with Gasteiger partial charge in [0.05, 0.1) is 29.3 Å². The van der Waals surface area contributed by atoms with E-state index in [4.69, 9.17) is 4.74 Å². The number of allylic oxidation sites excluding steroid dienone is 2. The molecule has 2 rings (SSSR count). The number of aryl methyl sites for hydroxylation is 1. The fourth-order valence-corrected chi connectivity index (χ4v) is 4.31. The molecular formula is C26H32F3NO5S. The van der Waals surface area contributed by atoms with Crippen LogP contribution in [0.5, 0.6) is 0 Å². The van der Waals surface area contributed by atoms with Crippen molar-refractivity contribution in [2.24, 2.45) is 11.8 Å². The lowest BCUT2D eigenvalue weighted by Crippen LogP contribution is -2.34. The number of carbonyl (C=O) groups excluding carboxylic acids is 2. The standard InChI is InChI=1S/C26H32F3NO5S/c1-14-7-6-8-19(26(27,28)29)9-10-22(15(2)11-20-13-36-18(5)30-20)35-23(32)12-21(31)16(3)25(34)17(4)24(14)33/h6-7,9,11,13-14,17,21-22,24,31,33H,3,8,10,12H2,1-2,4-5H3/b7-6+,15-11+,19-9+/t14-,17+,21-,22-,24-/m0/s1. The highest BCUT2D eigenvalue weighted by Gasteiger charge is 2.34. The summed E-state index contributed by atoms with van der Waals surface area (Å²) in [6.07, 6.45) is -4.45. The molecule has 198 valence electrons. The van der Waals surface area contributed by atoms with Gasteiger partial charge in [-0.05, 0) is 31.9 Å². The van der Waals surface area contributed by atoms with E-state index in [0.717, 1.165) is 11.1 Å². The molecule has 0 aliphatic carbocycles. The molecule has 10 heteroatoms. The fourth-order valence-electron chi connectivity index (χ4n) is 3.74. The van der Waals surface area contributed by atoms with Gasteiger partial charge in [0, 0.05) is 34.8 Å². The number of thiazole rings is 1. The molecule has 6 nitrogen and oxygen atoms in total. The van der Waals surface area contributed by atoms with Crippen LogP contribution in [0.1, 0.15) is 50.7 Å². The summed E-state index contributed by atoms with van der Waals surface area (Å²) in [5, 5.41) is 23.5. The van der Waals surface area contributed by atoms with Crippen molar-refractivity contribution >= 4 is 29.2 Å². The van der Waals surface area contributed by atoms with Gasteiger partial charge in [-0.1, -0.05) is 38.7 Å². The lowest BCUT2D eigenvalue weighted by atomic mass is 9.85. The third-order valence-corrected chi connectivity index (χ3v) is 6.85. The molecule has 0 saturated heterocycles. The Hall–Kier alpha value is -2.56. The van der Waals surface area contributed by atoms with Gasteiger partial charge in [0.15, 0.2) is 5.78 Å². The van der Waals surface area contributed by atoms with Gasteiger partial charge in [-0.3, -0.25) is 9.59 Å². The number of carbonyl (C=O) groups is 2. The van der Waals surface area contributed by atoms with Crippen molar-refractivity contribution in [3.63, 3.8) is 0 Å². The monoisotopic (exact) mass is 527 g/mol. The number of ether oxygens (including phenoxy) is 1. The maximum absolute atomic E-state index is 13.7. The Balaban J connectivity index is 2.46. The number of ketones is 1. The van der Waals surface area contributed by atoms with E-state index in [2.05, 4.69) is 11.6 Å². The number of hydrogen-bond donors (Lipinski definition) is 2. The van der Waals surface area contributed by atoms with Crippen LogP contribution in [0.2, 0.25) is 0 Å². The minimum atomic E-state index is -4.62. The summed E-state index contributed by atoms with van der Waals surface area (Å²) in [5.41, 5.74) is -0.0225. The lowest BCUT2D eigenvalue weighted by Gasteiger charge is -2.25. The van der Waals surface area contributed by atoms with Gasteiger partial charge >= 0.3 is 12.1 Å². The Kier molecular flexibility index (Phi) is 10.4. The molecular weight excluding hydrogens is 495 g/mol. The summed E-state index contributed by atoms with van der Waals surface area (Å²) in [6.45, 7) is 10.0. The first-order valence-corrected chi connectivity index (χ1v) is 12.4. The zero-order valence-electron chi connectivity index (χ0n) is 20.7. The van der Waals surface area contributed by atoms with E-state index in [1.165, 1.54) is 30.4 Å². The summed E-state index contributed by atoms with van der Waals surface area (Å²) in [4.78, 5) is 29.6. The van der Waals surface area contributed by atoms with Crippen LogP contribution in [0.25, 0.3) is 6.08 Å². The zero-order chi connectivity index (χ0) is 27.2. The maximum atomic E-state index is 13.7. The van der Waals surface area contributed by atoms with Gasteiger partial charge in [0.25, 0.3) is 0 Å². The normalized spacial score (nSPS) is 30.5. The number of alkyl halides is 3. The Bertz CT molecular complexity index is 1060. The largest absolute Gasteiger partial charge is 0.457 e. The molecule has 0 amide bonds. The van der Waals surface area contributed by atoms with Gasteiger partial charge in [0.1, 0.15) is 6.10 Å². The lowest BCUT2D eigenvalue weighted by molar-refractivity contribution is -0.149. The quantitative estimate of drug-likeness (QED) is 0.315. The number of halogens is 3. The molecule has 1 aliphatic heterocycles. The Labute approximate surface area is 212 Å². The van der Waals surface area contributed by atoms with Crippen LogP contribution in [0.15, 0.2) is 46.9 Å². The number of aliphatic hydroxyl groups excluding tert-OH is 2. The number of cyclic esters (lactones) is 1. The van der Waals surface area contributed by atoms with Crippen LogP contribution in [0.3, 0.4) is 0 Å². The Morgan fingerprint density at radius 3 is 2.53 bits per heavy atom. The van der Waals surface area contributed by atoms with E-state index in [9.17, 15) is 33.0 Å². The molecule has 1 aliphatic rings. The van der Waals surface area contributed by atoms with Crippen LogP contribution in [0, 0.1) is 18.8 Å². The molecule has 5 atom stereocenters. The second-order valence-corrected chi connectivity index (χ2v) is 10.1. The summed E-state index contributed by atoms with van der Waals surface area (Å²) in [5.74, 6) is -3.18. The average molecular weight is 528 g/mol. The summed E-state index contributed by atoms with van der Waals surface area (Å²) < 4.78 is 46.6. The van der Waals surface area contributed by atoms with Gasteiger partial charge in [-0.15, -0.1) is 11.3 Å². The average Bonchev–Trinajstić information content (AvgIpc) is 3.20. The van der Waals surface area contributed by atoms with Gasteiger partial charge in [0.2, 0.25) is 0 Å². The number of nitrogens with zero attached hydrogens (tertiary/aromatic N) is 1. The van der Waals surface area contributed by atoms with Crippen LogP contribution in [0.4, 0.5) is 13.2 Å². The molecule has 0 bridgehead atoms. The van der Waals surface area contributed by atoms with Crippen molar-refractivity contribution < 1.29 is 37.7 Å². The van der Waals surface area contributed by atoms with E-state index in [1.807, 2.05) is 6.92 Å². The van der Waals surface area contributed by atoms with Gasteiger partial charge in [-0.2, -0.15) is 13.2 Å². The molecule has 0 fully saturated rings. The third-order valence-electron chi connectivity index (χ3n) is 6.06.